The Labute approximate surface area is 122 Å². The van der Waals surface area contributed by atoms with Crippen molar-refractivity contribution < 1.29 is 14.1 Å². The van der Waals surface area contributed by atoms with E-state index in [1.54, 1.807) is 19.4 Å². The molecule has 1 aromatic carbocycles. The number of hydrogen-bond acceptors (Lipinski definition) is 5. The number of benzene rings is 1. The third kappa shape index (κ3) is 3.89. The van der Waals surface area contributed by atoms with Crippen molar-refractivity contribution in [1.82, 2.24) is 5.16 Å². The maximum Gasteiger partial charge on any atom is 0.203 e. The monoisotopic (exact) mass is 284 g/mol. The predicted molar refractivity (Wildman–Crippen MR) is 80.7 cm³/mol. The van der Waals surface area contributed by atoms with E-state index in [0.29, 0.717) is 18.5 Å². The molecule has 5 nitrogen and oxygen atoms in total. The van der Waals surface area contributed by atoms with Crippen LogP contribution in [0.3, 0.4) is 0 Å². The van der Waals surface area contributed by atoms with Crippen LogP contribution in [0.15, 0.2) is 52.6 Å². The van der Waals surface area contributed by atoms with Crippen molar-refractivity contribution >= 4 is 12.0 Å². The Morgan fingerprint density at radius 1 is 1.43 bits per heavy atom. The molecule has 1 aromatic heterocycles. The maximum absolute atomic E-state index is 11.9. The average molecular weight is 284 g/mol. The molecular weight excluding hydrogens is 268 g/mol. The normalized spacial score (nSPS) is 10.7. The summed E-state index contributed by atoms with van der Waals surface area (Å²) in [5, 5.41) is 3.92. The molecule has 108 valence electrons. The lowest BCUT2D eigenvalue weighted by Gasteiger charge is -1.99. The second-order valence-electron chi connectivity index (χ2n) is 4.28. The van der Waals surface area contributed by atoms with Gasteiger partial charge in [0.05, 0.1) is 7.11 Å². The van der Waals surface area contributed by atoms with Crippen LogP contribution in [0.25, 0.3) is 11.3 Å². The fourth-order valence-corrected chi connectivity index (χ4v) is 1.77. The van der Waals surface area contributed by atoms with E-state index in [4.69, 9.17) is 9.26 Å². The predicted octanol–water partition coefficient (Wildman–Crippen LogP) is 3.53. The van der Waals surface area contributed by atoms with Gasteiger partial charge in [-0.3, -0.25) is 9.79 Å². The van der Waals surface area contributed by atoms with Crippen LogP contribution < -0.4 is 4.74 Å². The first-order valence-electron chi connectivity index (χ1n) is 6.51. The molecule has 0 spiro atoms. The number of ketones is 1. The molecule has 0 amide bonds. The summed E-state index contributed by atoms with van der Waals surface area (Å²) in [6.07, 6.45) is 3.95. The summed E-state index contributed by atoms with van der Waals surface area (Å²) in [4.78, 5) is 15.7. The van der Waals surface area contributed by atoms with Gasteiger partial charge in [0, 0.05) is 30.5 Å². The maximum atomic E-state index is 11.9. The van der Waals surface area contributed by atoms with E-state index in [1.807, 2.05) is 24.3 Å². The van der Waals surface area contributed by atoms with Crippen LogP contribution in [0.2, 0.25) is 0 Å². The lowest BCUT2D eigenvalue weighted by atomic mass is 10.1. The summed E-state index contributed by atoms with van der Waals surface area (Å²) in [6.45, 7) is 3.46. The molecule has 2 rings (SSSR count). The fourth-order valence-electron chi connectivity index (χ4n) is 1.77. The van der Waals surface area contributed by atoms with E-state index >= 15 is 0 Å². The molecule has 2 aromatic rings. The number of carbonyl (C=O) groups excluding carboxylic acids is 1. The highest BCUT2D eigenvalue weighted by molar-refractivity contribution is 5.95. The molecule has 0 fully saturated rings. The third-order valence-corrected chi connectivity index (χ3v) is 2.88. The number of hydrogen-bond donors (Lipinski definition) is 0. The highest BCUT2D eigenvalue weighted by Crippen LogP contribution is 2.22. The first-order chi connectivity index (χ1) is 10.2. The molecule has 1 heterocycles. The molecule has 0 aliphatic rings. The molecule has 0 atom stereocenters. The average Bonchev–Trinajstić information content (AvgIpc) is 3.01. The van der Waals surface area contributed by atoms with Gasteiger partial charge in [0.1, 0.15) is 11.4 Å². The van der Waals surface area contributed by atoms with Crippen LogP contribution in [-0.4, -0.2) is 24.3 Å². The molecule has 5 heteroatoms. The Bertz CT molecular complexity index is 642. The Kier molecular flexibility index (Phi) is 5.04. The van der Waals surface area contributed by atoms with Crippen LogP contribution in [0.5, 0.6) is 5.75 Å². The molecule has 0 saturated carbocycles. The Hall–Kier alpha value is -2.69. The van der Waals surface area contributed by atoms with Gasteiger partial charge >= 0.3 is 0 Å². The van der Waals surface area contributed by atoms with Crippen LogP contribution in [0.4, 0.5) is 0 Å². The van der Waals surface area contributed by atoms with Crippen molar-refractivity contribution in [2.45, 2.75) is 12.8 Å². The zero-order chi connectivity index (χ0) is 15.1. The van der Waals surface area contributed by atoms with Crippen LogP contribution >= 0.6 is 0 Å². The summed E-state index contributed by atoms with van der Waals surface area (Å²) in [6, 6.07) is 9.03. The van der Waals surface area contributed by atoms with Gasteiger partial charge in [0.15, 0.2) is 0 Å². The summed E-state index contributed by atoms with van der Waals surface area (Å²) >= 11 is 0. The van der Waals surface area contributed by atoms with Crippen molar-refractivity contribution in [1.29, 1.82) is 0 Å². The van der Waals surface area contributed by atoms with E-state index in [-0.39, 0.29) is 11.5 Å². The summed E-state index contributed by atoms with van der Waals surface area (Å²) in [5.41, 5.74) is 1.49. The van der Waals surface area contributed by atoms with Gasteiger partial charge in [0.2, 0.25) is 11.5 Å². The Morgan fingerprint density at radius 2 is 2.19 bits per heavy atom. The number of carbonyl (C=O) groups is 1. The SMILES string of the molecule is C=CN=CCCC(=O)c1cc(-c2ccc(OC)cc2)no1. The summed E-state index contributed by atoms with van der Waals surface area (Å²) in [7, 11) is 1.61. The van der Waals surface area contributed by atoms with E-state index in [9.17, 15) is 4.79 Å². The van der Waals surface area contributed by atoms with Crippen LogP contribution in [-0.2, 0) is 0 Å². The van der Waals surface area contributed by atoms with Crippen molar-refractivity contribution in [2.24, 2.45) is 4.99 Å². The minimum atomic E-state index is -0.0993. The van der Waals surface area contributed by atoms with Gasteiger partial charge < -0.3 is 9.26 Å². The lowest BCUT2D eigenvalue weighted by molar-refractivity contribution is 0.0949. The number of Topliss-reactive ketones (excluding diaryl/α,β-unsaturated/α-hetero) is 1. The first kappa shape index (κ1) is 14.7. The van der Waals surface area contributed by atoms with Gasteiger partial charge in [-0.2, -0.15) is 0 Å². The molecule has 0 aliphatic heterocycles. The zero-order valence-electron chi connectivity index (χ0n) is 11.8. The minimum Gasteiger partial charge on any atom is -0.497 e. The van der Waals surface area contributed by atoms with Crippen molar-refractivity contribution in [3.63, 3.8) is 0 Å². The molecule has 0 bridgehead atoms. The highest BCUT2D eigenvalue weighted by Gasteiger charge is 2.13. The van der Waals surface area contributed by atoms with Gasteiger partial charge in [-0.1, -0.05) is 11.7 Å². The standard InChI is InChI=1S/C16H16N2O3/c1-3-17-10-4-5-15(19)16-11-14(18-21-16)12-6-8-13(20-2)9-7-12/h3,6-11H,1,4-5H2,2H3. The van der Waals surface area contributed by atoms with Crippen molar-refractivity contribution in [2.75, 3.05) is 7.11 Å². The smallest absolute Gasteiger partial charge is 0.203 e. The number of aliphatic imine (C=N–C) groups is 1. The second kappa shape index (κ2) is 7.19. The van der Waals surface area contributed by atoms with Crippen LogP contribution in [0, 0.1) is 0 Å². The molecular formula is C16H16N2O3. The molecule has 0 N–H and O–H groups in total. The molecule has 0 saturated heterocycles. The number of methoxy groups -OCH3 is 1. The summed E-state index contributed by atoms with van der Waals surface area (Å²) < 4.78 is 10.2. The second-order valence-corrected chi connectivity index (χ2v) is 4.28. The number of aromatic nitrogens is 1. The van der Waals surface area contributed by atoms with E-state index in [2.05, 4.69) is 16.7 Å². The molecule has 21 heavy (non-hydrogen) atoms. The number of nitrogens with zero attached hydrogens (tertiary/aromatic N) is 2. The fraction of sp³-hybridized carbons (Fsp3) is 0.188. The first-order valence-corrected chi connectivity index (χ1v) is 6.51. The van der Waals surface area contributed by atoms with Crippen molar-refractivity contribution in [3.05, 3.63) is 48.9 Å². The number of rotatable bonds is 7. The third-order valence-electron chi connectivity index (χ3n) is 2.88. The molecule has 0 aliphatic carbocycles. The van der Waals surface area contributed by atoms with Gasteiger partial charge in [-0.25, -0.2) is 0 Å². The molecule has 0 unspecified atom stereocenters. The quantitative estimate of drug-likeness (QED) is 0.576. The number of ether oxygens (including phenoxy) is 1. The van der Waals surface area contributed by atoms with E-state index in [0.717, 1.165) is 11.3 Å². The van der Waals surface area contributed by atoms with E-state index in [1.165, 1.54) is 6.20 Å². The van der Waals surface area contributed by atoms with E-state index < -0.39 is 0 Å². The Morgan fingerprint density at radius 3 is 2.86 bits per heavy atom. The highest BCUT2D eigenvalue weighted by atomic mass is 16.5. The minimum absolute atomic E-state index is 0.0993. The van der Waals surface area contributed by atoms with Gasteiger partial charge in [-0.15, -0.1) is 0 Å². The lowest BCUT2D eigenvalue weighted by Crippen LogP contribution is -1.96. The van der Waals surface area contributed by atoms with Gasteiger partial charge in [-0.05, 0) is 30.7 Å². The topological polar surface area (TPSA) is 64.7 Å². The van der Waals surface area contributed by atoms with Gasteiger partial charge in [0.25, 0.3) is 0 Å². The van der Waals surface area contributed by atoms with Crippen molar-refractivity contribution in [3.8, 4) is 17.0 Å². The Balaban J connectivity index is 2.04. The largest absolute Gasteiger partial charge is 0.497 e. The summed E-state index contributed by atoms with van der Waals surface area (Å²) in [5.74, 6) is 0.922. The van der Waals surface area contributed by atoms with Crippen LogP contribution in [0.1, 0.15) is 23.4 Å². The zero-order valence-corrected chi connectivity index (χ0v) is 11.8. The molecule has 0 radical (unpaired) electrons.